The Kier molecular flexibility index (Phi) is 6.46. The summed E-state index contributed by atoms with van der Waals surface area (Å²) in [5.74, 6) is 0.395. The second kappa shape index (κ2) is 9.52. The molecule has 0 amide bonds. The van der Waals surface area contributed by atoms with Gasteiger partial charge in [0.15, 0.2) is 5.69 Å². The number of hydrogen-bond acceptors (Lipinski definition) is 6. The first-order valence-electron chi connectivity index (χ1n) is 11.3. The number of aromatic nitrogens is 3. The Morgan fingerprint density at radius 1 is 1.15 bits per heavy atom. The molecule has 0 bridgehead atoms. The first-order valence-corrected chi connectivity index (χ1v) is 12.2. The minimum Gasteiger partial charge on any atom is -0.301 e. The van der Waals surface area contributed by atoms with Gasteiger partial charge in [0, 0.05) is 23.5 Å². The van der Waals surface area contributed by atoms with Gasteiger partial charge in [-0.05, 0) is 50.6 Å². The molecule has 0 radical (unpaired) electrons. The normalized spacial score (nSPS) is 19.9. The number of piperidine rings is 1. The standard InChI is InChI=1S/C24H26F3N5OS/c1-16-13-22(24(25,26)27)29-32(16)12-11-31-9-7-18(8-10-31)23-28-20(15-34-23)19-14-21(33-30-19)17-5-3-2-4-6-17/h2-6,13-15,18,21,30H,7-12H2,1H3/t21-/m0/s1. The maximum absolute atomic E-state index is 12.9. The van der Waals surface area contributed by atoms with Crippen LogP contribution >= 0.6 is 11.3 Å². The van der Waals surface area contributed by atoms with Crippen molar-refractivity contribution in [2.45, 2.75) is 44.5 Å². The van der Waals surface area contributed by atoms with Gasteiger partial charge in [0.25, 0.3) is 0 Å². The third-order valence-electron chi connectivity index (χ3n) is 6.38. The SMILES string of the molecule is Cc1cc(C(F)(F)F)nn1CCN1CCC(c2nc(C3=C[C@@H](c4ccccc4)ON3)cs2)CC1. The number of rotatable bonds is 6. The molecule has 6 nitrogen and oxygen atoms in total. The van der Waals surface area contributed by atoms with Crippen molar-refractivity contribution < 1.29 is 18.0 Å². The molecular weight excluding hydrogens is 463 g/mol. The highest BCUT2D eigenvalue weighted by molar-refractivity contribution is 7.09. The fourth-order valence-corrected chi connectivity index (χ4v) is 5.40. The largest absolute Gasteiger partial charge is 0.435 e. The van der Waals surface area contributed by atoms with Gasteiger partial charge in [-0.1, -0.05) is 30.3 Å². The van der Waals surface area contributed by atoms with Crippen LogP contribution in [-0.2, 0) is 17.6 Å². The highest BCUT2D eigenvalue weighted by atomic mass is 32.1. The predicted molar refractivity (Wildman–Crippen MR) is 124 cm³/mol. The molecule has 4 heterocycles. The molecule has 3 aromatic rings. The summed E-state index contributed by atoms with van der Waals surface area (Å²) < 4.78 is 40.1. The van der Waals surface area contributed by atoms with E-state index in [0.717, 1.165) is 54.0 Å². The Morgan fingerprint density at radius 2 is 1.91 bits per heavy atom. The number of alkyl halides is 3. The second-order valence-electron chi connectivity index (χ2n) is 8.71. The van der Waals surface area contributed by atoms with E-state index in [1.807, 2.05) is 30.3 Å². The van der Waals surface area contributed by atoms with Crippen molar-refractivity contribution in [3.63, 3.8) is 0 Å². The summed E-state index contributed by atoms with van der Waals surface area (Å²) in [5.41, 5.74) is 5.60. The molecule has 2 aromatic heterocycles. The van der Waals surface area contributed by atoms with Crippen molar-refractivity contribution in [1.82, 2.24) is 25.1 Å². The number of aryl methyl sites for hydroxylation is 1. The third-order valence-corrected chi connectivity index (χ3v) is 7.38. The van der Waals surface area contributed by atoms with Crippen molar-refractivity contribution in [1.29, 1.82) is 0 Å². The van der Waals surface area contributed by atoms with Gasteiger partial charge in [0.05, 0.1) is 22.9 Å². The van der Waals surface area contributed by atoms with Crippen LogP contribution < -0.4 is 5.48 Å². The zero-order chi connectivity index (χ0) is 23.7. The lowest BCUT2D eigenvalue weighted by Crippen LogP contribution is -2.35. The van der Waals surface area contributed by atoms with Crippen molar-refractivity contribution in [3.8, 4) is 0 Å². The molecule has 34 heavy (non-hydrogen) atoms. The molecule has 1 N–H and O–H groups in total. The molecule has 1 saturated heterocycles. The average molecular weight is 490 g/mol. The minimum absolute atomic E-state index is 0.129. The quantitative estimate of drug-likeness (QED) is 0.518. The van der Waals surface area contributed by atoms with Crippen LogP contribution in [-0.4, -0.2) is 39.3 Å². The molecule has 0 spiro atoms. The van der Waals surface area contributed by atoms with E-state index >= 15 is 0 Å². The lowest BCUT2D eigenvalue weighted by atomic mass is 9.97. The number of nitrogens with zero attached hydrogens (tertiary/aromatic N) is 4. The lowest BCUT2D eigenvalue weighted by Gasteiger charge is -2.31. The second-order valence-corrected chi connectivity index (χ2v) is 9.60. The van der Waals surface area contributed by atoms with E-state index in [9.17, 15) is 13.2 Å². The first kappa shape index (κ1) is 23.1. The smallest absolute Gasteiger partial charge is 0.301 e. The van der Waals surface area contributed by atoms with Gasteiger partial charge in [-0.15, -0.1) is 11.3 Å². The summed E-state index contributed by atoms with van der Waals surface area (Å²) in [4.78, 5) is 12.9. The number of halogens is 3. The summed E-state index contributed by atoms with van der Waals surface area (Å²) in [6, 6.07) is 11.1. The number of benzene rings is 1. The Hall–Kier alpha value is -2.69. The molecule has 2 aliphatic heterocycles. The topological polar surface area (TPSA) is 55.2 Å². The third kappa shape index (κ3) is 5.03. The minimum atomic E-state index is -4.40. The summed E-state index contributed by atoms with van der Waals surface area (Å²) in [5, 5.41) is 6.92. The zero-order valence-electron chi connectivity index (χ0n) is 18.8. The monoisotopic (exact) mass is 489 g/mol. The molecule has 2 aliphatic rings. The van der Waals surface area contributed by atoms with E-state index < -0.39 is 11.9 Å². The average Bonchev–Trinajstić information content (AvgIpc) is 3.58. The molecule has 0 unspecified atom stereocenters. The van der Waals surface area contributed by atoms with Crippen molar-refractivity contribution in [3.05, 3.63) is 75.5 Å². The number of hydrogen-bond donors (Lipinski definition) is 1. The molecule has 0 saturated carbocycles. The fraction of sp³-hybridized carbons (Fsp3) is 0.417. The molecule has 5 rings (SSSR count). The van der Waals surface area contributed by atoms with Gasteiger partial charge in [-0.25, -0.2) is 4.98 Å². The molecule has 180 valence electrons. The van der Waals surface area contributed by atoms with E-state index in [-0.39, 0.29) is 6.10 Å². The molecule has 10 heteroatoms. The van der Waals surface area contributed by atoms with Gasteiger partial charge in [0.2, 0.25) is 0 Å². The van der Waals surface area contributed by atoms with E-state index in [0.29, 0.717) is 24.7 Å². The van der Waals surface area contributed by atoms with Crippen LogP contribution in [0.4, 0.5) is 13.2 Å². The van der Waals surface area contributed by atoms with Gasteiger partial charge in [-0.2, -0.15) is 18.3 Å². The van der Waals surface area contributed by atoms with Gasteiger partial charge < -0.3 is 4.90 Å². The van der Waals surface area contributed by atoms with Crippen LogP contribution in [0.3, 0.4) is 0 Å². The van der Waals surface area contributed by atoms with E-state index in [2.05, 4.69) is 26.9 Å². The maximum atomic E-state index is 12.9. The molecule has 1 atom stereocenters. The number of thiazole rings is 1. The lowest BCUT2D eigenvalue weighted by molar-refractivity contribution is -0.141. The maximum Gasteiger partial charge on any atom is 0.435 e. The van der Waals surface area contributed by atoms with Gasteiger partial charge >= 0.3 is 6.18 Å². The van der Waals surface area contributed by atoms with E-state index in [1.165, 1.54) is 4.68 Å². The summed E-state index contributed by atoms with van der Waals surface area (Å²) in [6.07, 6.45) is -0.518. The number of nitrogens with one attached hydrogen (secondary N) is 1. The Labute approximate surface area is 200 Å². The molecule has 0 aliphatic carbocycles. The summed E-state index contributed by atoms with van der Waals surface area (Å²) >= 11 is 1.67. The van der Waals surface area contributed by atoms with Gasteiger partial charge in [-0.3, -0.25) is 15.0 Å². The molecule has 1 fully saturated rings. The molecular formula is C24H26F3N5OS. The Morgan fingerprint density at radius 3 is 2.62 bits per heavy atom. The van der Waals surface area contributed by atoms with Crippen LogP contribution in [0.15, 0.2) is 47.9 Å². The van der Waals surface area contributed by atoms with Crippen LogP contribution in [0.2, 0.25) is 0 Å². The number of hydroxylamine groups is 1. The van der Waals surface area contributed by atoms with Crippen molar-refractivity contribution in [2.24, 2.45) is 0 Å². The van der Waals surface area contributed by atoms with Crippen LogP contribution in [0, 0.1) is 6.92 Å². The van der Waals surface area contributed by atoms with Gasteiger partial charge in [0.1, 0.15) is 6.10 Å². The highest BCUT2D eigenvalue weighted by Gasteiger charge is 2.34. The van der Waals surface area contributed by atoms with E-state index in [1.54, 1.807) is 18.3 Å². The van der Waals surface area contributed by atoms with Crippen LogP contribution in [0.5, 0.6) is 0 Å². The molecule has 1 aromatic carbocycles. The summed E-state index contributed by atoms with van der Waals surface area (Å²) in [6.45, 7) is 4.59. The Balaban J connectivity index is 1.14. The van der Waals surface area contributed by atoms with Crippen molar-refractivity contribution >= 4 is 17.0 Å². The van der Waals surface area contributed by atoms with Crippen LogP contribution in [0.1, 0.15) is 52.5 Å². The summed E-state index contributed by atoms with van der Waals surface area (Å²) in [7, 11) is 0. The predicted octanol–water partition coefficient (Wildman–Crippen LogP) is 5.16. The number of likely N-dealkylation sites (tertiary alicyclic amines) is 1. The first-order chi connectivity index (χ1) is 16.4. The van der Waals surface area contributed by atoms with Crippen LogP contribution in [0.25, 0.3) is 5.70 Å². The van der Waals surface area contributed by atoms with E-state index in [4.69, 9.17) is 9.82 Å². The fourth-order valence-electron chi connectivity index (χ4n) is 4.40. The Bertz CT molecular complexity index is 1150. The zero-order valence-corrected chi connectivity index (χ0v) is 19.6. The highest BCUT2D eigenvalue weighted by Crippen LogP contribution is 2.34. The van der Waals surface area contributed by atoms with Crippen molar-refractivity contribution in [2.75, 3.05) is 19.6 Å².